The number of ether oxygens (including phenoxy) is 1. The Bertz CT molecular complexity index is 1040. The smallest absolute Gasteiger partial charge is 0.249 e. The van der Waals surface area contributed by atoms with E-state index in [0.717, 1.165) is 76.0 Å². The largest absolute Gasteiger partial charge is 0.369 e. The number of carbonyl (C=O) groups is 3. The molecule has 194 valence electrons. The molecule has 2 amide bonds. The fourth-order valence-electron chi connectivity index (χ4n) is 7.21. The monoisotopic (exact) mass is 494 g/mol. The molecule has 6 rings (SSSR count). The number of nitrogens with zero attached hydrogens (tertiary/aromatic N) is 3. The van der Waals surface area contributed by atoms with Gasteiger partial charge in [0, 0.05) is 49.9 Å². The first-order valence-electron chi connectivity index (χ1n) is 13.7. The van der Waals surface area contributed by atoms with Crippen LogP contribution < -0.4 is 10.6 Å². The average Bonchev–Trinajstić information content (AvgIpc) is 3.25. The average molecular weight is 495 g/mol. The minimum Gasteiger partial charge on any atom is -0.369 e. The molecule has 0 radical (unpaired) electrons. The van der Waals surface area contributed by atoms with Gasteiger partial charge in [-0.2, -0.15) is 0 Å². The van der Waals surface area contributed by atoms with Crippen molar-refractivity contribution in [1.82, 2.24) is 9.80 Å². The standard InChI is InChI=1S/C28H38N4O4/c1-30-10-12-31(13-11-30)19-8-9-20(27(29)34)21(14-19)24(18-4-2-3-5-18)28(35)32-15-22(17-6-7-17)26-25(32)23(33)16-36-26/h8-9,14,17-18,22,24-26H,2-7,10-13,15-16H2,1H3,(H2,29,34)/t22-,24+,25-,26-/m1/s1. The lowest BCUT2D eigenvalue weighted by Gasteiger charge is -2.35. The van der Waals surface area contributed by atoms with Crippen molar-refractivity contribution in [1.29, 1.82) is 0 Å². The molecule has 2 aliphatic carbocycles. The highest BCUT2D eigenvalue weighted by Gasteiger charge is 2.57. The summed E-state index contributed by atoms with van der Waals surface area (Å²) in [6, 6.07) is 5.34. The number of anilines is 1. The number of hydrogen-bond donors (Lipinski definition) is 1. The molecule has 2 saturated carbocycles. The first kappa shape index (κ1) is 23.9. The third-order valence-electron chi connectivity index (χ3n) is 9.38. The second-order valence-electron chi connectivity index (χ2n) is 11.6. The molecule has 3 heterocycles. The van der Waals surface area contributed by atoms with Crippen LogP contribution in [0.4, 0.5) is 5.69 Å². The van der Waals surface area contributed by atoms with E-state index in [1.165, 1.54) is 0 Å². The minimum atomic E-state index is -0.499. The Hall–Kier alpha value is -2.45. The molecule has 5 aliphatic rings. The number of likely N-dealkylation sites (tertiary alicyclic amines) is 1. The highest BCUT2D eigenvalue weighted by molar-refractivity contribution is 5.99. The highest BCUT2D eigenvalue weighted by atomic mass is 16.5. The molecule has 4 atom stereocenters. The van der Waals surface area contributed by atoms with Gasteiger partial charge < -0.3 is 25.2 Å². The van der Waals surface area contributed by atoms with Crippen molar-refractivity contribution in [3.8, 4) is 0 Å². The maximum atomic E-state index is 14.5. The van der Waals surface area contributed by atoms with Crippen LogP contribution in [-0.2, 0) is 14.3 Å². The van der Waals surface area contributed by atoms with Crippen molar-refractivity contribution in [3.05, 3.63) is 29.3 Å². The van der Waals surface area contributed by atoms with Gasteiger partial charge in [-0.1, -0.05) is 12.8 Å². The van der Waals surface area contributed by atoms with E-state index < -0.39 is 17.9 Å². The molecule has 0 unspecified atom stereocenters. The molecule has 36 heavy (non-hydrogen) atoms. The van der Waals surface area contributed by atoms with Crippen molar-refractivity contribution in [2.75, 3.05) is 51.3 Å². The number of Topliss-reactive ketones (excluding diaryl/α,β-unsaturated/α-hetero) is 1. The number of nitrogens with two attached hydrogens (primary N) is 1. The van der Waals surface area contributed by atoms with E-state index >= 15 is 0 Å². The van der Waals surface area contributed by atoms with Crippen LogP contribution in [0, 0.1) is 17.8 Å². The van der Waals surface area contributed by atoms with Gasteiger partial charge in [0.2, 0.25) is 11.8 Å². The van der Waals surface area contributed by atoms with Crippen LogP contribution in [0.15, 0.2) is 18.2 Å². The Balaban J connectivity index is 1.38. The van der Waals surface area contributed by atoms with Crippen molar-refractivity contribution in [3.63, 3.8) is 0 Å². The molecule has 3 aliphatic heterocycles. The summed E-state index contributed by atoms with van der Waals surface area (Å²) in [5.74, 6) is -0.0283. The van der Waals surface area contributed by atoms with Gasteiger partial charge >= 0.3 is 0 Å². The molecule has 1 aromatic rings. The van der Waals surface area contributed by atoms with Crippen LogP contribution in [0.1, 0.15) is 60.4 Å². The fourth-order valence-corrected chi connectivity index (χ4v) is 7.21. The maximum absolute atomic E-state index is 14.5. The predicted octanol–water partition coefficient (Wildman–Crippen LogP) is 2.02. The van der Waals surface area contributed by atoms with Crippen LogP contribution in [-0.4, -0.2) is 85.9 Å². The zero-order chi connectivity index (χ0) is 25.0. The third kappa shape index (κ3) is 4.22. The number of ketones is 1. The third-order valence-corrected chi connectivity index (χ3v) is 9.38. The van der Waals surface area contributed by atoms with Crippen LogP contribution in [0.3, 0.4) is 0 Å². The molecule has 0 bridgehead atoms. The van der Waals surface area contributed by atoms with Crippen molar-refractivity contribution in [2.24, 2.45) is 23.5 Å². The van der Waals surface area contributed by atoms with Gasteiger partial charge in [0.15, 0.2) is 5.78 Å². The fraction of sp³-hybridized carbons (Fsp3) is 0.679. The molecule has 0 spiro atoms. The zero-order valence-electron chi connectivity index (χ0n) is 21.2. The number of primary amides is 1. The van der Waals surface area contributed by atoms with Gasteiger partial charge in [0.25, 0.3) is 0 Å². The Morgan fingerprint density at radius 2 is 1.78 bits per heavy atom. The van der Waals surface area contributed by atoms with Gasteiger partial charge in [-0.05, 0) is 68.3 Å². The SMILES string of the molecule is CN1CCN(c2ccc(C(N)=O)c([C@@H](C(=O)N3C[C@H](C4CC4)[C@H]4OCC(=O)[C@H]43)C3CCCC3)c2)CC1. The van der Waals surface area contributed by atoms with Gasteiger partial charge in [-0.25, -0.2) is 0 Å². The van der Waals surface area contributed by atoms with Gasteiger partial charge in [-0.15, -0.1) is 0 Å². The van der Waals surface area contributed by atoms with Crippen molar-refractivity contribution in [2.45, 2.75) is 56.6 Å². The minimum absolute atomic E-state index is 0.0167. The number of likely N-dealkylation sites (N-methyl/N-ethyl adjacent to an activating group) is 1. The van der Waals surface area contributed by atoms with E-state index in [0.29, 0.717) is 18.0 Å². The Labute approximate surface area is 213 Å². The molecule has 0 aromatic heterocycles. The van der Waals surface area contributed by atoms with Crippen LogP contribution in [0.25, 0.3) is 0 Å². The highest BCUT2D eigenvalue weighted by Crippen LogP contribution is 2.48. The summed E-state index contributed by atoms with van der Waals surface area (Å²) >= 11 is 0. The summed E-state index contributed by atoms with van der Waals surface area (Å²) in [4.78, 5) is 46.4. The quantitative estimate of drug-likeness (QED) is 0.650. The van der Waals surface area contributed by atoms with E-state index in [1.807, 2.05) is 23.1 Å². The van der Waals surface area contributed by atoms with E-state index in [9.17, 15) is 14.4 Å². The summed E-state index contributed by atoms with van der Waals surface area (Å²) in [6.45, 7) is 4.43. The number of amides is 2. The van der Waals surface area contributed by atoms with Crippen LogP contribution in [0.2, 0.25) is 0 Å². The molecule has 3 saturated heterocycles. The van der Waals surface area contributed by atoms with E-state index in [4.69, 9.17) is 10.5 Å². The van der Waals surface area contributed by atoms with E-state index in [1.54, 1.807) is 0 Å². The number of rotatable bonds is 6. The molecule has 8 heteroatoms. The van der Waals surface area contributed by atoms with Gasteiger partial charge in [-0.3, -0.25) is 14.4 Å². The number of hydrogen-bond acceptors (Lipinski definition) is 6. The summed E-state index contributed by atoms with van der Waals surface area (Å²) in [5, 5.41) is 0. The lowest BCUT2D eigenvalue weighted by molar-refractivity contribution is -0.138. The topological polar surface area (TPSA) is 96.2 Å². The molecule has 5 fully saturated rings. The Morgan fingerprint density at radius 3 is 2.44 bits per heavy atom. The summed E-state index contributed by atoms with van der Waals surface area (Å²) in [6.07, 6.45) is 6.19. The summed E-state index contributed by atoms with van der Waals surface area (Å²) in [5.41, 5.74) is 8.08. The maximum Gasteiger partial charge on any atom is 0.249 e. The van der Waals surface area contributed by atoms with Gasteiger partial charge in [0.1, 0.15) is 12.6 Å². The first-order valence-corrected chi connectivity index (χ1v) is 13.7. The predicted molar refractivity (Wildman–Crippen MR) is 136 cm³/mol. The number of piperazine rings is 1. The van der Waals surface area contributed by atoms with Crippen molar-refractivity contribution >= 4 is 23.3 Å². The van der Waals surface area contributed by atoms with Gasteiger partial charge in [0.05, 0.1) is 12.0 Å². The second-order valence-corrected chi connectivity index (χ2v) is 11.6. The lowest BCUT2D eigenvalue weighted by atomic mass is 9.80. The molecular formula is C28H38N4O4. The second kappa shape index (κ2) is 9.45. The van der Waals surface area contributed by atoms with Crippen molar-refractivity contribution < 1.29 is 19.1 Å². The zero-order valence-corrected chi connectivity index (χ0v) is 21.2. The molecule has 2 N–H and O–H groups in total. The number of benzene rings is 1. The summed E-state index contributed by atoms with van der Waals surface area (Å²) in [7, 11) is 2.12. The van der Waals surface area contributed by atoms with E-state index in [-0.39, 0.29) is 36.2 Å². The first-order chi connectivity index (χ1) is 17.4. The lowest BCUT2D eigenvalue weighted by Crippen LogP contribution is -2.46. The van der Waals surface area contributed by atoms with Crippen LogP contribution in [0.5, 0.6) is 0 Å². The van der Waals surface area contributed by atoms with E-state index in [2.05, 4.69) is 16.8 Å². The normalized spacial score (nSPS) is 30.1. The molecule has 8 nitrogen and oxygen atoms in total. The number of fused-ring (bicyclic) bond motifs is 1. The Morgan fingerprint density at radius 1 is 1.06 bits per heavy atom. The molecular weight excluding hydrogens is 456 g/mol. The molecule has 1 aromatic carbocycles. The summed E-state index contributed by atoms with van der Waals surface area (Å²) < 4.78 is 5.94. The van der Waals surface area contributed by atoms with Crippen LogP contribution >= 0.6 is 0 Å². The number of carbonyl (C=O) groups excluding carboxylic acids is 3. The Kier molecular flexibility index (Phi) is 6.28.